The van der Waals surface area contributed by atoms with Gasteiger partial charge in [0, 0.05) is 30.8 Å². The van der Waals surface area contributed by atoms with Gasteiger partial charge in [0.2, 0.25) is 23.6 Å². The van der Waals surface area contributed by atoms with Crippen LogP contribution in [0.3, 0.4) is 0 Å². The molecule has 0 unspecified atom stereocenters. The lowest BCUT2D eigenvalue weighted by Crippen LogP contribution is -2.58. The highest BCUT2D eigenvalue weighted by Gasteiger charge is 2.33. The van der Waals surface area contributed by atoms with E-state index in [4.69, 9.17) is 11.5 Å². The number of benzene rings is 2. The average Bonchev–Trinajstić information content (AvgIpc) is 3.58. The second-order valence-corrected chi connectivity index (χ2v) is 13.3. The average molecular weight is 673 g/mol. The van der Waals surface area contributed by atoms with Gasteiger partial charge in [0.25, 0.3) is 0 Å². The first kappa shape index (κ1) is 37.3. The summed E-state index contributed by atoms with van der Waals surface area (Å²) in [6, 6.07) is 15.6. The summed E-state index contributed by atoms with van der Waals surface area (Å²) in [7, 11) is 0. The van der Waals surface area contributed by atoms with Gasteiger partial charge in [0.1, 0.15) is 18.1 Å². The molecule has 0 aliphatic carbocycles. The Hall–Kier alpha value is -4.55. The molecule has 0 fully saturated rings. The van der Waals surface area contributed by atoms with E-state index in [1.165, 1.54) is 0 Å². The Bertz CT molecular complexity index is 1500. The van der Waals surface area contributed by atoms with Gasteiger partial charge in [-0.05, 0) is 68.5 Å². The summed E-state index contributed by atoms with van der Waals surface area (Å²) in [5.74, 6) is -1.49. The maximum Gasteiger partial charge on any atom is 0.245 e. The van der Waals surface area contributed by atoms with E-state index in [0.29, 0.717) is 71.0 Å². The second-order valence-electron chi connectivity index (χ2n) is 13.3. The van der Waals surface area contributed by atoms with Gasteiger partial charge in [-0.3, -0.25) is 24.3 Å². The Kier molecular flexibility index (Phi) is 14.3. The minimum absolute atomic E-state index is 0.0562. The second kappa shape index (κ2) is 18.8. The van der Waals surface area contributed by atoms with Crippen LogP contribution in [0.5, 0.6) is 0 Å². The van der Waals surface area contributed by atoms with Crippen molar-refractivity contribution >= 4 is 23.6 Å². The van der Waals surface area contributed by atoms with E-state index in [-0.39, 0.29) is 11.8 Å². The third-order valence-corrected chi connectivity index (χ3v) is 8.85. The lowest BCUT2D eigenvalue weighted by atomic mass is 9.99. The Labute approximate surface area is 289 Å². The summed E-state index contributed by atoms with van der Waals surface area (Å²) in [4.78, 5) is 56.6. The van der Waals surface area contributed by atoms with E-state index in [9.17, 15) is 19.2 Å². The number of carbonyl (C=O) groups excluding carboxylic acids is 4. The zero-order chi connectivity index (χ0) is 35.2. The number of unbranched alkanes of at least 4 members (excludes halogenated alkanes) is 1. The molecule has 12 heteroatoms. The molecule has 0 radical (unpaired) electrons. The standard InChI is InChI=1S/C37H52N8O4/c1-25(2)21-33(36(48)42-32(15-9-10-19-38)37(49)45-20-18-30-28(24-45)23-40-44-30)43-35(47)31(17-16-26-11-5-3-6-12-26)41-34(46)29(39)22-27-13-7-4-8-14-27/h3-8,11-14,23,25,29,31-33H,9-10,15-22,24,38-39H2,1-2H3,(H,40,44)(H,41,46)(H,42,48)(H,43,47)/t29-,31-,32-,33-/m1/s1. The van der Waals surface area contributed by atoms with Crippen molar-refractivity contribution in [3.8, 4) is 0 Å². The molecular weight excluding hydrogens is 620 g/mol. The van der Waals surface area contributed by atoms with Crippen LogP contribution < -0.4 is 27.4 Å². The zero-order valence-corrected chi connectivity index (χ0v) is 28.7. The van der Waals surface area contributed by atoms with Crippen molar-refractivity contribution in [2.75, 3.05) is 13.1 Å². The Morgan fingerprint density at radius 3 is 2.14 bits per heavy atom. The zero-order valence-electron chi connectivity index (χ0n) is 28.7. The van der Waals surface area contributed by atoms with Crippen LogP contribution in [0.15, 0.2) is 66.9 Å². The van der Waals surface area contributed by atoms with E-state index < -0.39 is 41.9 Å². The van der Waals surface area contributed by atoms with Gasteiger partial charge in [-0.15, -0.1) is 0 Å². The van der Waals surface area contributed by atoms with Gasteiger partial charge >= 0.3 is 0 Å². The summed E-state index contributed by atoms with van der Waals surface area (Å²) in [5.41, 5.74) is 15.9. The van der Waals surface area contributed by atoms with Crippen LogP contribution in [0, 0.1) is 5.92 Å². The molecule has 3 aromatic rings. The van der Waals surface area contributed by atoms with Gasteiger partial charge in [-0.2, -0.15) is 5.10 Å². The van der Waals surface area contributed by atoms with Crippen LogP contribution in [0.1, 0.15) is 68.3 Å². The Morgan fingerprint density at radius 2 is 1.47 bits per heavy atom. The number of aryl methyl sites for hydroxylation is 1. The first-order chi connectivity index (χ1) is 23.6. The van der Waals surface area contributed by atoms with Crippen LogP contribution in [-0.2, 0) is 45.0 Å². The topological polar surface area (TPSA) is 188 Å². The fraction of sp³-hybridized carbons (Fsp3) is 0.486. The van der Waals surface area contributed by atoms with E-state index in [2.05, 4.69) is 26.1 Å². The first-order valence-corrected chi connectivity index (χ1v) is 17.4. The van der Waals surface area contributed by atoms with Crippen molar-refractivity contribution in [2.45, 2.75) is 95.9 Å². The summed E-state index contributed by atoms with van der Waals surface area (Å²) < 4.78 is 0. The molecule has 12 nitrogen and oxygen atoms in total. The molecule has 8 N–H and O–H groups in total. The quantitative estimate of drug-likeness (QED) is 0.112. The SMILES string of the molecule is CC(C)C[C@@H](NC(=O)[C@@H](CCc1ccccc1)NC(=O)[C@H](N)Cc1ccccc1)C(=O)N[C@H](CCCCN)C(=O)N1CCc2[nH]ncc2C1. The molecule has 4 atom stereocenters. The molecule has 2 aromatic carbocycles. The number of fused-ring (bicyclic) bond motifs is 1. The third kappa shape index (κ3) is 11.5. The number of carbonyl (C=O) groups is 4. The number of hydrogen-bond donors (Lipinski definition) is 6. The number of nitrogens with one attached hydrogen (secondary N) is 4. The number of hydrogen-bond acceptors (Lipinski definition) is 7. The highest BCUT2D eigenvalue weighted by atomic mass is 16.2. The number of amides is 4. The number of aromatic nitrogens is 2. The van der Waals surface area contributed by atoms with Crippen LogP contribution in [0.4, 0.5) is 0 Å². The fourth-order valence-corrected chi connectivity index (χ4v) is 6.09. The van der Waals surface area contributed by atoms with Crippen molar-refractivity contribution < 1.29 is 19.2 Å². The molecule has 1 aliphatic rings. The van der Waals surface area contributed by atoms with Crippen LogP contribution in [-0.4, -0.2) is 76.0 Å². The highest BCUT2D eigenvalue weighted by molar-refractivity contribution is 5.95. The third-order valence-electron chi connectivity index (χ3n) is 8.85. The first-order valence-electron chi connectivity index (χ1n) is 17.4. The molecule has 0 spiro atoms. The Balaban J connectivity index is 1.47. The maximum atomic E-state index is 13.9. The van der Waals surface area contributed by atoms with E-state index in [1.807, 2.05) is 74.5 Å². The molecular formula is C37H52N8O4. The molecule has 0 bridgehead atoms. The predicted molar refractivity (Wildman–Crippen MR) is 189 cm³/mol. The van der Waals surface area contributed by atoms with Gasteiger partial charge in [0.05, 0.1) is 12.2 Å². The van der Waals surface area contributed by atoms with Crippen molar-refractivity contribution in [3.05, 3.63) is 89.2 Å². The molecule has 4 rings (SSSR count). The summed E-state index contributed by atoms with van der Waals surface area (Å²) in [5, 5.41) is 15.8. The fourth-order valence-electron chi connectivity index (χ4n) is 6.09. The molecule has 4 amide bonds. The van der Waals surface area contributed by atoms with Gasteiger partial charge in [-0.1, -0.05) is 74.5 Å². The lowest BCUT2D eigenvalue weighted by Gasteiger charge is -2.32. The number of aromatic amines is 1. The molecule has 1 aromatic heterocycles. The van der Waals surface area contributed by atoms with Crippen molar-refractivity contribution in [1.82, 2.24) is 31.0 Å². The maximum absolute atomic E-state index is 13.9. The minimum atomic E-state index is -0.934. The molecule has 264 valence electrons. The van der Waals surface area contributed by atoms with E-state index in [1.54, 1.807) is 11.1 Å². The molecule has 2 heterocycles. The van der Waals surface area contributed by atoms with Crippen LogP contribution in [0.2, 0.25) is 0 Å². The predicted octanol–water partition coefficient (Wildman–Crippen LogP) is 2.13. The number of nitrogens with zero attached hydrogens (tertiary/aromatic N) is 2. The minimum Gasteiger partial charge on any atom is -0.343 e. The normalized spacial score (nSPS) is 15.1. The van der Waals surface area contributed by atoms with E-state index in [0.717, 1.165) is 22.4 Å². The van der Waals surface area contributed by atoms with Crippen LogP contribution >= 0.6 is 0 Å². The van der Waals surface area contributed by atoms with E-state index >= 15 is 0 Å². The molecule has 0 saturated heterocycles. The number of H-pyrrole nitrogens is 1. The number of nitrogens with two attached hydrogens (primary N) is 2. The molecule has 0 saturated carbocycles. The number of rotatable bonds is 18. The van der Waals surface area contributed by atoms with Crippen molar-refractivity contribution in [2.24, 2.45) is 17.4 Å². The van der Waals surface area contributed by atoms with Gasteiger partial charge in [-0.25, -0.2) is 0 Å². The summed E-state index contributed by atoms with van der Waals surface area (Å²) in [6.07, 6.45) is 5.68. The lowest BCUT2D eigenvalue weighted by molar-refractivity contribution is -0.138. The molecule has 1 aliphatic heterocycles. The van der Waals surface area contributed by atoms with Crippen molar-refractivity contribution in [1.29, 1.82) is 0 Å². The Morgan fingerprint density at radius 1 is 0.837 bits per heavy atom. The smallest absolute Gasteiger partial charge is 0.245 e. The monoisotopic (exact) mass is 672 g/mol. The molecule has 49 heavy (non-hydrogen) atoms. The highest BCUT2D eigenvalue weighted by Crippen LogP contribution is 2.18. The van der Waals surface area contributed by atoms with Crippen molar-refractivity contribution in [3.63, 3.8) is 0 Å². The van der Waals surface area contributed by atoms with Gasteiger partial charge in [0.15, 0.2) is 0 Å². The van der Waals surface area contributed by atoms with Crippen LogP contribution in [0.25, 0.3) is 0 Å². The summed E-state index contributed by atoms with van der Waals surface area (Å²) >= 11 is 0. The summed E-state index contributed by atoms with van der Waals surface area (Å²) in [6.45, 7) is 5.33. The largest absolute Gasteiger partial charge is 0.343 e. The van der Waals surface area contributed by atoms with Gasteiger partial charge < -0.3 is 32.3 Å².